The highest BCUT2D eigenvalue weighted by Crippen LogP contribution is 2.29. The van der Waals surface area contributed by atoms with Crippen LogP contribution in [0.25, 0.3) is 6.08 Å². The molecule has 3 rings (SSSR count). The Hall–Kier alpha value is -2.86. The number of anilines is 1. The Kier molecular flexibility index (Phi) is 4.72. The van der Waals surface area contributed by atoms with Gasteiger partial charge < -0.3 is 14.8 Å². The summed E-state index contributed by atoms with van der Waals surface area (Å²) < 4.78 is 10.5. The van der Waals surface area contributed by atoms with Crippen molar-refractivity contribution in [2.75, 3.05) is 19.1 Å². The van der Waals surface area contributed by atoms with Gasteiger partial charge in [-0.05, 0) is 60.6 Å². The fourth-order valence-corrected chi connectivity index (χ4v) is 2.94. The van der Waals surface area contributed by atoms with Gasteiger partial charge in [-0.25, -0.2) is 0 Å². The van der Waals surface area contributed by atoms with E-state index in [4.69, 9.17) is 21.7 Å². The molecule has 1 fully saturated rings. The Morgan fingerprint density at radius 1 is 1.08 bits per heavy atom. The van der Waals surface area contributed by atoms with Crippen molar-refractivity contribution in [3.05, 3.63) is 59.3 Å². The van der Waals surface area contributed by atoms with Crippen LogP contribution in [0.2, 0.25) is 0 Å². The van der Waals surface area contributed by atoms with Crippen molar-refractivity contribution in [2.24, 2.45) is 0 Å². The third-order valence-corrected chi connectivity index (χ3v) is 4.14. The zero-order valence-electron chi connectivity index (χ0n) is 14.2. The molecule has 1 saturated heterocycles. The predicted molar refractivity (Wildman–Crippen MR) is 102 cm³/mol. The molecule has 6 heteroatoms. The van der Waals surface area contributed by atoms with Gasteiger partial charge in [-0.2, -0.15) is 0 Å². The molecule has 0 saturated carbocycles. The number of rotatable bonds is 4. The number of hydrogen-bond acceptors (Lipinski definition) is 4. The number of aryl methyl sites for hydroxylation is 1. The second kappa shape index (κ2) is 6.94. The van der Waals surface area contributed by atoms with Gasteiger partial charge in [0.05, 0.1) is 19.9 Å². The molecular formula is C19H18N2O3S. The molecule has 0 aromatic heterocycles. The molecule has 0 aliphatic carbocycles. The maximum Gasteiger partial charge on any atom is 0.281 e. The quantitative estimate of drug-likeness (QED) is 0.675. The molecule has 1 N–H and O–H groups in total. The summed E-state index contributed by atoms with van der Waals surface area (Å²) in [6, 6.07) is 13.1. The van der Waals surface area contributed by atoms with E-state index in [1.807, 2.05) is 37.3 Å². The molecular weight excluding hydrogens is 336 g/mol. The normalized spacial score (nSPS) is 15.5. The minimum atomic E-state index is -0.189. The first-order valence-corrected chi connectivity index (χ1v) is 8.10. The fourth-order valence-electron chi connectivity index (χ4n) is 2.65. The minimum absolute atomic E-state index is 0.189. The van der Waals surface area contributed by atoms with Crippen LogP contribution >= 0.6 is 12.2 Å². The van der Waals surface area contributed by atoms with Crippen LogP contribution in [0.15, 0.2) is 48.2 Å². The van der Waals surface area contributed by atoms with Crippen LogP contribution in [-0.4, -0.2) is 25.2 Å². The summed E-state index contributed by atoms with van der Waals surface area (Å²) in [5.74, 6) is 1.04. The molecule has 1 amide bonds. The smallest absolute Gasteiger partial charge is 0.281 e. The number of nitrogens with one attached hydrogen (secondary N) is 1. The summed E-state index contributed by atoms with van der Waals surface area (Å²) in [6.45, 7) is 1.97. The van der Waals surface area contributed by atoms with Crippen molar-refractivity contribution in [1.29, 1.82) is 0 Å². The average molecular weight is 354 g/mol. The van der Waals surface area contributed by atoms with Gasteiger partial charge in [0, 0.05) is 0 Å². The van der Waals surface area contributed by atoms with E-state index in [2.05, 4.69) is 5.32 Å². The molecule has 0 atom stereocenters. The van der Waals surface area contributed by atoms with Crippen LogP contribution in [0.5, 0.6) is 11.5 Å². The molecule has 25 heavy (non-hydrogen) atoms. The Labute approximate surface area is 151 Å². The summed E-state index contributed by atoms with van der Waals surface area (Å²) in [7, 11) is 3.15. The number of amides is 1. The number of benzene rings is 2. The van der Waals surface area contributed by atoms with Crippen LogP contribution in [0.1, 0.15) is 11.1 Å². The summed E-state index contributed by atoms with van der Waals surface area (Å²) in [5.41, 5.74) is 3.03. The highest BCUT2D eigenvalue weighted by atomic mass is 32.1. The van der Waals surface area contributed by atoms with Crippen molar-refractivity contribution in [2.45, 2.75) is 6.92 Å². The first-order chi connectivity index (χ1) is 12.0. The van der Waals surface area contributed by atoms with Gasteiger partial charge in [0.1, 0.15) is 5.70 Å². The van der Waals surface area contributed by atoms with Crippen LogP contribution in [-0.2, 0) is 4.79 Å². The molecule has 1 aliphatic heterocycles. The first-order valence-electron chi connectivity index (χ1n) is 7.69. The number of methoxy groups -OCH3 is 2. The lowest BCUT2D eigenvalue weighted by atomic mass is 10.1. The predicted octanol–water partition coefficient (Wildman–Crippen LogP) is 3.27. The lowest BCUT2D eigenvalue weighted by molar-refractivity contribution is -0.113. The summed E-state index contributed by atoms with van der Waals surface area (Å²) in [5, 5.41) is 3.35. The van der Waals surface area contributed by atoms with Crippen molar-refractivity contribution in [1.82, 2.24) is 5.32 Å². The molecule has 1 heterocycles. The standard InChI is InChI=1S/C19H18N2O3S/c1-12-5-4-6-14(9-12)21-18(22)15(20-19(21)25)10-13-7-8-16(23-2)17(11-13)24-3/h4-11H,1-3H3,(H,20,25)/b15-10+. The fraction of sp³-hybridized carbons (Fsp3) is 0.158. The van der Waals surface area contributed by atoms with E-state index in [1.54, 1.807) is 32.4 Å². The van der Waals surface area contributed by atoms with E-state index in [-0.39, 0.29) is 5.91 Å². The van der Waals surface area contributed by atoms with Crippen LogP contribution in [0.4, 0.5) is 5.69 Å². The van der Waals surface area contributed by atoms with E-state index in [9.17, 15) is 4.79 Å². The second-order valence-electron chi connectivity index (χ2n) is 5.58. The molecule has 2 aromatic carbocycles. The van der Waals surface area contributed by atoms with Gasteiger partial charge in [0.15, 0.2) is 16.6 Å². The van der Waals surface area contributed by atoms with Gasteiger partial charge in [-0.15, -0.1) is 0 Å². The van der Waals surface area contributed by atoms with Crippen molar-refractivity contribution in [3.8, 4) is 11.5 Å². The molecule has 0 unspecified atom stereocenters. The van der Waals surface area contributed by atoms with Crippen LogP contribution in [0.3, 0.4) is 0 Å². The van der Waals surface area contributed by atoms with Gasteiger partial charge in [0.2, 0.25) is 0 Å². The number of ether oxygens (including phenoxy) is 2. The number of carbonyl (C=O) groups is 1. The van der Waals surface area contributed by atoms with Crippen molar-refractivity contribution in [3.63, 3.8) is 0 Å². The lowest BCUT2D eigenvalue weighted by Crippen LogP contribution is -2.30. The molecule has 0 radical (unpaired) electrons. The second-order valence-corrected chi connectivity index (χ2v) is 5.97. The Bertz CT molecular complexity index is 877. The molecule has 5 nitrogen and oxygen atoms in total. The summed E-state index contributed by atoms with van der Waals surface area (Å²) in [4.78, 5) is 14.3. The summed E-state index contributed by atoms with van der Waals surface area (Å²) >= 11 is 5.33. The van der Waals surface area contributed by atoms with E-state index >= 15 is 0 Å². The van der Waals surface area contributed by atoms with Gasteiger partial charge in [-0.3, -0.25) is 9.69 Å². The topological polar surface area (TPSA) is 50.8 Å². The summed E-state index contributed by atoms with van der Waals surface area (Å²) in [6.07, 6.45) is 1.74. The average Bonchev–Trinajstić information content (AvgIpc) is 2.88. The van der Waals surface area contributed by atoms with E-state index in [1.165, 1.54) is 4.90 Å². The van der Waals surface area contributed by atoms with E-state index < -0.39 is 0 Å². The molecule has 0 bridgehead atoms. The maximum atomic E-state index is 12.8. The third-order valence-electron chi connectivity index (χ3n) is 3.86. The SMILES string of the molecule is COc1ccc(/C=C2/NC(=S)N(c3cccc(C)c3)C2=O)cc1OC. The lowest BCUT2D eigenvalue weighted by Gasteiger charge is -2.14. The van der Waals surface area contributed by atoms with Crippen molar-refractivity contribution < 1.29 is 14.3 Å². The highest BCUT2D eigenvalue weighted by Gasteiger charge is 2.31. The Morgan fingerprint density at radius 3 is 2.52 bits per heavy atom. The van der Waals surface area contributed by atoms with Gasteiger partial charge in [0.25, 0.3) is 5.91 Å². The van der Waals surface area contributed by atoms with Crippen molar-refractivity contribution >= 4 is 35.0 Å². The molecule has 0 spiro atoms. The van der Waals surface area contributed by atoms with Gasteiger partial charge >= 0.3 is 0 Å². The number of nitrogens with zero attached hydrogens (tertiary/aromatic N) is 1. The van der Waals surface area contributed by atoms with Gasteiger partial charge in [-0.1, -0.05) is 18.2 Å². The Morgan fingerprint density at radius 2 is 1.84 bits per heavy atom. The zero-order chi connectivity index (χ0) is 18.0. The first kappa shape index (κ1) is 17.0. The minimum Gasteiger partial charge on any atom is -0.493 e. The third kappa shape index (κ3) is 3.34. The monoisotopic (exact) mass is 354 g/mol. The molecule has 128 valence electrons. The van der Waals surface area contributed by atoms with E-state index in [0.29, 0.717) is 22.3 Å². The van der Waals surface area contributed by atoms with Crippen LogP contribution < -0.4 is 19.7 Å². The number of hydrogen-bond donors (Lipinski definition) is 1. The molecule has 1 aliphatic rings. The van der Waals surface area contributed by atoms with Crippen LogP contribution in [0, 0.1) is 6.92 Å². The molecule has 2 aromatic rings. The Balaban J connectivity index is 1.93. The number of carbonyl (C=O) groups excluding carboxylic acids is 1. The van der Waals surface area contributed by atoms with E-state index in [0.717, 1.165) is 16.8 Å². The maximum absolute atomic E-state index is 12.8. The highest BCUT2D eigenvalue weighted by molar-refractivity contribution is 7.80. The largest absolute Gasteiger partial charge is 0.493 e. The number of thiocarbonyl (C=S) groups is 1. The zero-order valence-corrected chi connectivity index (χ0v) is 15.0.